The van der Waals surface area contributed by atoms with E-state index in [9.17, 15) is 0 Å². The first-order valence-corrected chi connectivity index (χ1v) is 7.07. The molecule has 0 bridgehead atoms. The zero-order chi connectivity index (χ0) is 14.9. The normalized spacial score (nSPS) is 16.6. The Morgan fingerprint density at radius 3 is 2.73 bits per heavy atom. The average Bonchev–Trinajstić information content (AvgIpc) is 2.93. The van der Waals surface area contributed by atoms with Crippen LogP contribution in [0.2, 0.25) is 0 Å². The number of aromatic nitrogens is 2. The van der Waals surface area contributed by atoms with E-state index in [-0.39, 0.29) is 12.4 Å². The van der Waals surface area contributed by atoms with Gasteiger partial charge in [0.15, 0.2) is 5.82 Å². The number of allylic oxidation sites excluding steroid dienone is 1. The Kier molecular flexibility index (Phi) is 4.88. The third kappa shape index (κ3) is 3.00. The van der Waals surface area contributed by atoms with Crippen LogP contribution in [0.3, 0.4) is 0 Å². The van der Waals surface area contributed by atoms with Crippen LogP contribution in [-0.4, -0.2) is 17.3 Å². The zero-order valence-electron chi connectivity index (χ0n) is 12.7. The third-order valence-electron chi connectivity index (χ3n) is 4.00. The van der Waals surface area contributed by atoms with Gasteiger partial charge in [-0.3, -0.25) is 0 Å². The Morgan fingerprint density at radius 1 is 1.36 bits per heavy atom. The van der Waals surface area contributed by atoms with Gasteiger partial charge in [-0.1, -0.05) is 23.4 Å². The lowest BCUT2D eigenvalue weighted by Crippen LogP contribution is -2.44. The minimum Gasteiger partial charge on any atom is -0.496 e. The van der Waals surface area contributed by atoms with Gasteiger partial charge < -0.3 is 15.0 Å². The van der Waals surface area contributed by atoms with Crippen LogP contribution in [-0.2, 0) is 5.54 Å². The molecule has 1 aromatic heterocycles. The number of hydrogen-bond donors (Lipinski definition) is 1. The highest BCUT2D eigenvalue weighted by molar-refractivity contribution is 5.85. The van der Waals surface area contributed by atoms with Crippen LogP contribution < -0.4 is 10.5 Å². The minimum absolute atomic E-state index is 0. The quantitative estimate of drug-likeness (QED) is 0.934. The van der Waals surface area contributed by atoms with Gasteiger partial charge in [0.25, 0.3) is 5.89 Å². The summed E-state index contributed by atoms with van der Waals surface area (Å²) in [7, 11) is 1.66. The van der Waals surface area contributed by atoms with Crippen molar-refractivity contribution in [3.05, 3.63) is 41.5 Å². The van der Waals surface area contributed by atoms with Crippen molar-refractivity contribution in [3.63, 3.8) is 0 Å². The van der Waals surface area contributed by atoms with Gasteiger partial charge in [0.2, 0.25) is 0 Å². The maximum absolute atomic E-state index is 6.20. The molecule has 1 saturated carbocycles. The molecule has 1 aliphatic carbocycles. The number of ether oxygens (including phenoxy) is 1. The van der Waals surface area contributed by atoms with Crippen LogP contribution >= 0.6 is 12.4 Å². The van der Waals surface area contributed by atoms with Gasteiger partial charge >= 0.3 is 0 Å². The second-order valence-corrected chi connectivity index (χ2v) is 5.49. The molecule has 2 aromatic rings. The lowest BCUT2D eigenvalue weighted by Gasteiger charge is -2.34. The molecule has 3 rings (SSSR count). The van der Waals surface area contributed by atoms with Crippen LogP contribution in [0.5, 0.6) is 5.75 Å². The zero-order valence-corrected chi connectivity index (χ0v) is 13.5. The van der Waals surface area contributed by atoms with Gasteiger partial charge in [0.05, 0.1) is 12.6 Å². The molecule has 6 heteroatoms. The van der Waals surface area contributed by atoms with Gasteiger partial charge in [0, 0.05) is 11.6 Å². The minimum atomic E-state index is -0.395. The molecule has 0 amide bonds. The van der Waals surface area contributed by atoms with E-state index >= 15 is 0 Å². The third-order valence-corrected chi connectivity index (χ3v) is 4.00. The molecular weight excluding hydrogens is 302 g/mol. The fraction of sp³-hybridized carbons (Fsp3) is 0.375. The van der Waals surface area contributed by atoms with Crippen molar-refractivity contribution < 1.29 is 9.26 Å². The topological polar surface area (TPSA) is 74.2 Å². The monoisotopic (exact) mass is 321 g/mol. The number of rotatable bonds is 4. The molecule has 0 saturated heterocycles. The molecule has 0 radical (unpaired) electrons. The highest BCUT2D eigenvalue weighted by Gasteiger charge is 2.38. The van der Waals surface area contributed by atoms with E-state index in [2.05, 4.69) is 10.1 Å². The maximum atomic E-state index is 6.20. The highest BCUT2D eigenvalue weighted by atomic mass is 35.5. The number of benzene rings is 1. The summed E-state index contributed by atoms with van der Waals surface area (Å²) in [5, 5.41) is 4.01. The Bertz CT molecular complexity index is 678. The van der Waals surface area contributed by atoms with E-state index in [1.807, 2.05) is 37.3 Å². The molecule has 1 aliphatic rings. The van der Waals surface area contributed by atoms with Crippen LogP contribution in [0.4, 0.5) is 0 Å². The molecule has 0 aliphatic heterocycles. The summed E-state index contributed by atoms with van der Waals surface area (Å²) in [6.07, 6.45) is 4.81. The second-order valence-electron chi connectivity index (χ2n) is 5.49. The molecule has 5 nitrogen and oxygen atoms in total. The SMILES string of the molecule is COc1ccccc1/C(C)=C/c1nc(C2(N)CCC2)no1.Cl. The number of methoxy groups -OCH3 is 1. The van der Waals surface area contributed by atoms with Crippen molar-refractivity contribution in [2.24, 2.45) is 5.73 Å². The maximum Gasteiger partial charge on any atom is 0.250 e. The van der Waals surface area contributed by atoms with Crippen molar-refractivity contribution in [1.82, 2.24) is 10.1 Å². The highest BCUT2D eigenvalue weighted by Crippen LogP contribution is 2.37. The molecule has 2 N–H and O–H groups in total. The molecular formula is C16H20ClN3O2. The van der Waals surface area contributed by atoms with Gasteiger partial charge in [-0.25, -0.2) is 0 Å². The summed E-state index contributed by atoms with van der Waals surface area (Å²) in [6, 6.07) is 7.83. The Hall–Kier alpha value is -1.85. The summed E-state index contributed by atoms with van der Waals surface area (Å²) in [5.41, 5.74) is 7.81. The number of hydrogen-bond acceptors (Lipinski definition) is 5. The smallest absolute Gasteiger partial charge is 0.250 e. The lowest BCUT2D eigenvalue weighted by atomic mass is 9.77. The van der Waals surface area contributed by atoms with Crippen LogP contribution in [0.15, 0.2) is 28.8 Å². The second kappa shape index (κ2) is 6.50. The molecule has 0 unspecified atom stereocenters. The number of halogens is 1. The fourth-order valence-electron chi connectivity index (χ4n) is 2.51. The molecule has 1 heterocycles. The average molecular weight is 322 g/mol. The fourth-order valence-corrected chi connectivity index (χ4v) is 2.51. The standard InChI is InChI=1S/C16H19N3O2.ClH/c1-11(12-6-3-4-7-13(12)20-2)10-14-18-15(19-21-14)16(17)8-5-9-16;/h3-4,6-7,10H,5,8-9,17H2,1-2H3;1H/b11-10+;. The molecule has 1 aromatic carbocycles. The number of nitrogens with zero attached hydrogens (tertiary/aromatic N) is 2. The molecule has 0 spiro atoms. The van der Waals surface area contributed by atoms with E-state index in [1.165, 1.54) is 0 Å². The first-order chi connectivity index (χ1) is 10.1. The van der Waals surface area contributed by atoms with Gasteiger partial charge in [0.1, 0.15) is 5.75 Å². The lowest BCUT2D eigenvalue weighted by molar-refractivity contribution is 0.229. The first-order valence-electron chi connectivity index (χ1n) is 7.07. The van der Waals surface area contributed by atoms with Gasteiger partial charge in [-0.2, -0.15) is 4.98 Å². The number of para-hydroxylation sites is 1. The molecule has 0 atom stereocenters. The van der Waals surface area contributed by atoms with E-state index in [1.54, 1.807) is 7.11 Å². The summed E-state index contributed by atoms with van der Waals surface area (Å²) in [5.74, 6) is 1.90. The van der Waals surface area contributed by atoms with E-state index in [4.69, 9.17) is 15.0 Å². The van der Waals surface area contributed by atoms with Crippen molar-refractivity contribution in [1.29, 1.82) is 0 Å². The Morgan fingerprint density at radius 2 is 2.09 bits per heavy atom. The van der Waals surface area contributed by atoms with Gasteiger partial charge in [-0.15, -0.1) is 12.4 Å². The molecule has 118 valence electrons. The summed E-state index contributed by atoms with van der Waals surface area (Å²) >= 11 is 0. The van der Waals surface area contributed by atoms with Crippen LogP contribution in [0, 0.1) is 0 Å². The first kappa shape index (κ1) is 16.5. The Balaban J connectivity index is 0.00000176. The van der Waals surface area contributed by atoms with Crippen LogP contribution in [0.25, 0.3) is 11.6 Å². The van der Waals surface area contributed by atoms with Crippen LogP contribution in [0.1, 0.15) is 43.5 Å². The largest absolute Gasteiger partial charge is 0.496 e. The Labute approximate surface area is 136 Å². The summed E-state index contributed by atoms with van der Waals surface area (Å²) in [6.45, 7) is 1.99. The number of nitrogens with two attached hydrogens (primary N) is 1. The van der Waals surface area contributed by atoms with E-state index < -0.39 is 5.54 Å². The molecule has 22 heavy (non-hydrogen) atoms. The van der Waals surface area contributed by atoms with Crippen molar-refractivity contribution in [2.75, 3.05) is 7.11 Å². The summed E-state index contributed by atoms with van der Waals surface area (Å²) in [4.78, 5) is 4.41. The summed E-state index contributed by atoms with van der Waals surface area (Å²) < 4.78 is 10.7. The van der Waals surface area contributed by atoms with E-state index in [0.717, 1.165) is 36.1 Å². The van der Waals surface area contributed by atoms with Gasteiger partial charge in [-0.05, 0) is 37.8 Å². The van der Waals surface area contributed by atoms with E-state index in [0.29, 0.717) is 11.7 Å². The van der Waals surface area contributed by atoms with Crippen molar-refractivity contribution in [3.8, 4) is 5.75 Å². The van der Waals surface area contributed by atoms with Crippen molar-refractivity contribution >= 4 is 24.1 Å². The molecule has 1 fully saturated rings. The van der Waals surface area contributed by atoms with Crippen molar-refractivity contribution in [2.45, 2.75) is 31.7 Å². The predicted octanol–water partition coefficient (Wildman–Crippen LogP) is 3.40. The predicted molar refractivity (Wildman–Crippen MR) is 87.8 cm³/mol.